The van der Waals surface area contributed by atoms with Crippen LogP contribution in [0.2, 0.25) is 0 Å². The molecular formula is C23H22N3O2+. The number of nitrogens with zero attached hydrogens (tertiary/aromatic N) is 2. The summed E-state index contributed by atoms with van der Waals surface area (Å²) in [5.74, 6) is 1.68. The Morgan fingerprint density at radius 3 is 2.93 bits per heavy atom. The Kier molecular flexibility index (Phi) is 4.14. The zero-order chi connectivity index (χ0) is 19.1. The van der Waals surface area contributed by atoms with E-state index in [4.69, 9.17) is 9.68 Å². The zero-order valence-corrected chi connectivity index (χ0v) is 15.6. The Labute approximate surface area is 163 Å². The van der Waals surface area contributed by atoms with E-state index in [-0.39, 0.29) is 5.56 Å². The largest absolute Gasteiger partial charge is 0.464 e. The molecule has 0 aliphatic carbocycles. The number of piperidine rings is 1. The van der Waals surface area contributed by atoms with E-state index < -0.39 is 0 Å². The number of rotatable bonds is 3. The van der Waals surface area contributed by atoms with Crippen LogP contribution in [0, 0.1) is 17.2 Å². The van der Waals surface area contributed by atoms with Crippen LogP contribution >= 0.6 is 0 Å². The maximum atomic E-state index is 12.6. The predicted molar refractivity (Wildman–Crippen MR) is 105 cm³/mol. The third-order valence-electron chi connectivity index (χ3n) is 6.08. The molecular weight excluding hydrogens is 350 g/mol. The van der Waals surface area contributed by atoms with Crippen molar-refractivity contribution in [3.8, 4) is 17.4 Å². The summed E-state index contributed by atoms with van der Waals surface area (Å²) in [4.78, 5) is 14.1. The summed E-state index contributed by atoms with van der Waals surface area (Å²) in [6.45, 7) is 3.74. The quantitative estimate of drug-likeness (QED) is 0.767. The summed E-state index contributed by atoms with van der Waals surface area (Å²) in [5, 5.41) is 9.16. The molecule has 1 unspecified atom stereocenters. The van der Waals surface area contributed by atoms with Crippen LogP contribution in [-0.2, 0) is 13.1 Å². The minimum absolute atomic E-state index is 0.0881. The van der Waals surface area contributed by atoms with E-state index in [0.717, 1.165) is 49.6 Å². The van der Waals surface area contributed by atoms with Crippen molar-refractivity contribution in [3.63, 3.8) is 0 Å². The molecule has 0 saturated carbocycles. The number of nitrogens with one attached hydrogen (secondary N) is 1. The fourth-order valence-electron chi connectivity index (χ4n) is 5.06. The van der Waals surface area contributed by atoms with Gasteiger partial charge >= 0.3 is 0 Å². The van der Waals surface area contributed by atoms with Crippen LogP contribution in [0.25, 0.3) is 11.3 Å². The Bertz CT molecular complexity index is 1110. The van der Waals surface area contributed by atoms with Crippen LogP contribution in [0.1, 0.15) is 29.2 Å². The second-order valence-corrected chi connectivity index (χ2v) is 8.00. The molecule has 3 atom stereocenters. The van der Waals surface area contributed by atoms with Gasteiger partial charge in [-0.3, -0.25) is 4.79 Å². The summed E-state index contributed by atoms with van der Waals surface area (Å²) in [6.07, 6.45) is 2.81. The number of benzene rings is 1. The molecule has 3 aromatic rings. The van der Waals surface area contributed by atoms with Gasteiger partial charge in [-0.2, -0.15) is 5.26 Å². The number of quaternary nitrogens is 1. The second-order valence-electron chi connectivity index (χ2n) is 8.00. The monoisotopic (exact) mass is 372 g/mol. The Balaban J connectivity index is 1.48. The summed E-state index contributed by atoms with van der Waals surface area (Å²) >= 11 is 0. The molecule has 1 saturated heterocycles. The van der Waals surface area contributed by atoms with Crippen molar-refractivity contribution in [3.05, 3.63) is 82.0 Å². The minimum atomic E-state index is 0.0881. The molecule has 28 heavy (non-hydrogen) atoms. The van der Waals surface area contributed by atoms with Crippen molar-refractivity contribution in [2.24, 2.45) is 5.92 Å². The summed E-state index contributed by atoms with van der Waals surface area (Å²) in [6, 6.07) is 17.6. The predicted octanol–water partition coefficient (Wildman–Crippen LogP) is 2.18. The highest BCUT2D eigenvalue weighted by Gasteiger charge is 2.39. The van der Waals surface area contributed by atoms with Crippen molar-refractivity contribution in [1.82, 2.24) is 4.57 Å². The molecule has 2 aliphatic heterocycles. The maximum absolute atomic E-state index is 12.6. The molecule has 4 heterocycles. The van der Waals surface area contributed by atoms with E-state index in [0.29, 0.717) is 17.4 Å². The van der Waals surface area contributed by atoms with E-state index in [1.807, 2.05) is 41.0 Å². The third kappa shape index (κ3) is 2.96. The second kappa shape index (κ2) is 6.81. The lowest BCUT2D eigenvalue weighted by molar-refractivity contribution is -0.924. The molecule has 1 N–H and O–H groups in total. The van der Waals surface area contributed by atoms with Gasteiger partial charge in [-0.05, 0) is 36.8 Å². The third-order valence-corrected chi connectivity index (χ3v) is 6.08. The molecule has 5 rings (SSSR count). The van der Waals surface area contributed by atoms with Crippen molar-refractivity contribution in [1.29, 1.82) is 5.26 Å². The van der Waals surface area contributed by atoms with Crippen LogP contribution < -0.4 is 10.5 Å². The van der Waals surface area contributed by atoms with Crippen molar-refractivity contribution in [2.75, 3.05) is 13.1 Å². The zero-order valence-electron chi connectivity index (χ0n) is 15.6. The lowest BCUT2D eigenvalue weighted by Gasteiger charge is -2.41. The van der Waals surface area contributed by atoms with Crippen LogP contribution in [-0.4, -0.2) is 17.7 Å². The summed E-state index contributed by atoms with van der Waals surface area (Å²) < 4.78 is 7.63. The fraction of sp³-hybridized carbons (Fsp3) is 0.304. The van der Waals surface area contributed by atoms with E-state index in [1.54, 1.807) is 12.3 Å². The summed E-state index contributed by atoms with van der Waals surface area (Å²) in [5.41, 5.74) is 4.17. The van der Waals surface area contributed by atoms with Gasteiger partial charge in [0.1, 0.15) is 12.3 Å². The van der Waals surface area contributed by atoms with Crippen molar-refractivity contribution >= 4 is 0 Å². The first-order valence-corrected chi connectivity index (χ1v) is 9.81. The van der Waals surface area contributed by atoms with Crippen molar-refractivity contribution in [2.45, 2.75) is 25.4 Å². The molecule has 5 nitrogen and oxygen atoms in total. The first kappa shape index (κ1) is 17.0. The maximum Gasteiger partial charge on any atom is 0.250 e. The lowest BCUT2D eigenvalue weighted by Crippen LogP contribution is -3.13. The van der Waals surface area contributed by atoms with Gasteiger partial charge in [0, 0.05) is 41.3 Å². The highest BCUT2D eigenvalue weighted by atomic mass is 16.3. The van der Waals surface area contributed by atoms with E-state index in [2.05, 4.69) is 12.1 Å². The van der Waals surface area contributed by atoms with Crippen molar-refractivity contribution < 1.29 is 9.32 Å². The highest BCUT2D eigenvalue weighted by Crippen LogP contribution is 2.36. The first-order chi connectivity index (χ1) is 13.7. The number of likely N-dealkylation sites (tertiary alicyclic amines) is 1. The molecule has 0 spiro atoms. The molecule has 0 amide bonds. The number of pyridine rings is 1. The van der Waals surface area contributed by atoms with Gasteiger partial charge in [0.2, 0.25) is 0 Å². The minimum Gasteiger partial charge on any atom is -0.464 e. The molecule has 2 bridgehead atoms. The Hall–Kier alpha value is -3.10. The number of hydrogen-bond donors (Lipinski definition) is 1. The molecule has 5 heteroatoms. The van der Waals surface area contributed by atoms with Crippen LogP contribution in [0.3, 0.4) is 0 Å². The molecule has 2 aliphatic rings. The van der Waals surface area contributed by atoms with E-state index in [9.17, 15) is 4.79 Å². The Morgan fingerprint density at radius 2 is 2.11 bits per heavy atom. The van der Waals surface area contributed by atoms with Crippen LogP contribution in [0.5, 0.6) is 0 Å². The molecule has 1 aromatic carbocycles. The molecule has 140 valence electrons. The summed E-state index contributed by atoms with van der Waals surface area (Å²) in [7, 11) is 0. The first-order valence-electron chi connectivity index (χ1n) is 9.81. The smallest absolute Gasteiger partial charge is 0.250 e. The van der Waals surface area contributed by atoms with Crippen LogP contribution in [0.4, 0.5) is 0 Å². The average Bonchev–Trinajstić information content (AvgIpc) is 3.23. The number of nitriles is 1. The van der Waals surface area contributed by atoms with Gasteiger partial charge in [-0.1, -0.05) is 12.1 Å². The van der Waals surface area contributed by atoms with E-state index in [1.165, 1.54) is 10.5 Å². The van der Waals surface area contributed by atoms with Crippen LogP contribution in [0.15, 0.2) is 64.0 Å². The standard InChI is InChI=1S/C23H21N3O2/c24-11-16-3-1-4-17(9-16)12-25-13-18-10-19(15-25)23-20(21-5-2-8-28-21)6-7-22(27)26(23)14-18/h1-9,18-19H,10,12-15H2/p+1/t18-,19+/m0/s1. The molecule has 0 radical (unpaired) electrons. The van der Waals surface area contributed by atoms with Gasteiger partial charge in [0.05, 0.1) is 31.0 Å². The van der Waals surface area contributed by atoms with Gasteiger partial charge in [-0.15, -0.1) is 0 Å². The number of aromatic nitrogens is 1. The fourth-order valence-corrected chi connectivity index (χ4v) is 5.06. The average molecular weight is 372 g/mol. The van der Waals surface area contributed by atoms with E-state index >= 15 is 0 Å². The van der Waals surface area contributed by atoms with Gasteiger partial charge in [0.25, 0.3) is 5.56 Å². The molecule has 2 aromatic heterocycles. The Morgan fingerprint density at radius 1 is 1.18 bits per heavy atom. The number of fused-ring (bicyclic) bond motifs is 4. The number of furan rings is 1. The lowest BCUT2D eigenvalue weighted by atomic mass is 9.81. The number of hydrogen-bond acceptors (Lipinski definition) is 3. The van der Waals surface area contributed by atoms with Gasteiger partial charge in [0.15, 0.2) is 0 Å². The molecule has 1 fully saturated rings. The van der Waals surface area contributed by atoms with Gasteiger partial charge in [-0.25, -0.2) is 0 Å². The highest BCUT2D eigenvalue weighted by molar-refractivity contribution is 5.61. The topological polar surface area (TPSA) is 63.4 Å². The SMILES string of the molecule is N#Cc1cccc(C[NH+]2C[C@@H]3C[C@H](C2)c2c(-c4ccco4)ccc(=O)n2C3)c1. The normalized spacial score (nSPS) is 23.0. The van der Waals surface area contributed by atoms with Gasteiger partial charge < -0.3 is 13.9 Å².